The van der Waals surface area contributed by atoms with Crippen LogP contribution < -0.4 is 20.1 Å². The van der Waals surface area contributed by atoms with Gasteiger partial charge in [0.15, 0.2) is 11.5 Å². The molecule has 1 atom stereocenters. The van der Waals surface area contributed by atoms with Crippen molar-refractivity contribution < 1.29 is 19.0 Å². The SMILES string of the molecule is COc1ccc(NC(=O)C2COCCN2)cc1OCc1cn2ccccc2n1. The first-order valence-corrected chi connectivity index (χ1v) is 9.08. The maximum Gasteiger partial charge on any atom is 0.243 e. The van der Waals surface area contributed by atoms with Gasteiger partial charge in [-0.2, -0.15) is 0 Å². The van der Waals surface area contributed by atoms with E-state index in [2.05, 4.69) is 15.6 Å². The van der Waals surface area contributed by atoms with Crippen LogP contribution in [0, 0.1) is 0 Å². The number of hydrogen-bond acceptors (Lipinski definition) is 6. The zero-order chi connectivity index (χ0) is 19.3. The molecular weight excluding hydrogens is 360 g/mol. The number of nitrogens with one attached hydrogen (secondary N) is 2. The van der Waals surface area contributed by atoms with Crippen molar-refractivity contribution in [2.75, 3.05) is 32.2 Å². The lowest BCUT2D eigenvalue weighted by Crippen LogP contribution is -2.48. The summed E-state index contributed by atoms with van der Waals surface area (Å²) >= 11 is 0. The second kappa shape index (κ2) is 8.28. The van der Waals surface area contributed by atoms with E-state index in [9.17, 15) is 4.79 Å². The van der Waals surface area contributed by atoms with Crippen LogP contribution in [0.2, 0.25) is 0 Å². The zero-order valence-electron chi connectivity index (χ0n) is 15.6. The minimum atomic E-state index is -0.363. The van der Waals surface area contributed by atoms with Crippen molar-refractivity contribution in [3.63, 3.8) is 0 Å². The van der Waals surface area contributed by atoms with Gasteiger partial charge < -0.3 is 29.2 Å². The third kappa shape index (κ3) is 4.08. The van der Waals surface area contributed by atoms with E-state index < -0.39 is 0 Å². The Morgan fingerprint density at radius 3 is 3.07 bits per heavy atom. The summed E-state index contributed by atoms with van der Waals surface area (Å²) in [4.78, 5) is 16.9. The average Bonchev–Trinajstić information content (AvgIpc) is 3.16. The molecule has 28 heavy (non-hydrogen) atoms. The number of carbonyl (C=O) groups is 1. The molecular formula is C20H22N4O4. The van der Waals surface area contributed by atoms with Crippen LogP contribution in [-0.4, -0.2) is 48.2 Å². The van der Waals surface area contributed by atoms with Crippen molar-refractivity contribution in [1.82, 2.24) is 14.7 Å². The molecule has 146 valence electrons. The van der Waals surface area contributed by atoms with Crippen LogP contribution in [0.1, 0.15) is 5.69 Å². The molecule has 1 aromatic carbocycles. The number of hydrogen-bond donors (Lipinski definition) is 2. The van der Waals surface area contributed by atoms with Crippen molar-refractivity contribution in [2.45, 2.75) is 12.6 Å². The van der Waals surface area contributed by atoms with Crippen LogP contribution in [0.3, 0.4) is 0 Å². The first-order chi connectivity index (χ1) is 13.7. The first kappa shape index (κ1) is 18.3. The molecule has 0 bridgehead atoms. The second-order valence-electron chi connectivity index (χ2n) is 6.42. The van der Waals surface area contributed by atoms with Gasteiger partial charge in [0.1, 0.15) is 18.3 Å². The van der Waals surface area contributed by atoms with E-state index in [1.54, 1.807) is 25.3 Å². The number of methoxy groups -OCH3 is 1. The molecule has 1 fully saturated rings. The summed E-state index contributed by atoms with van der Waals surface area (Å²) in [6.07, 6.45) is 3.85. The minimum Gasteiger partial charge on any atom is -0.493 e. The molecule has 1 aliphatic rings. The Balaban J connectivity index is 1.46. The van der Waals surface area contributed by atoms with Crippen LogP contribution in [0.15, 0.2) is 48.8 Å². The highest BCUT2D eigenvalue weighted by molar-refractivity contribution is 5.95. The third-order valence-electron chi connectivity index (χ3n) is 4.46. The van der Waals surface area contributed by atoms with Gasteiger partial charge in [0.05, 0.1) is 26.0 Å². The number of aromatic nitrogens is 2. The number of imidazole rings is 1. The van der Waals surface area contributed by atoms with Crippen LogP contribution in [-0.2, 0) is 16.1 Å². The summed E-state index contributed by atoms with van der Waals surface area (Å²) in [6.45, 7) is 1.92. The molecule has 3 heterocycles. The monoisotopic (exact) mass is 382 g/mol. The number of anilines is 1. The maximum atomic E-state index is 12.4. The number of carbonyl (C=O) groups excluding carboxylic acids is 1. The normalized spacial score (nSPS) is 16.7. The van der Waals surface area contributed by atoms with Gasteiger partial charge in [-0.3, -0.25) is 4.79 Å². The highest BCUT2D eigenvalue weighted by atomic mass is 16.5. The zero-order valence-corrected chi connectivity index (χ0v) is 15.6. The molecule has 0 saturated carbocycles. The van der Waals surface area contributed by atoms with E-state index in [0.717, 1.165) is 11.3 Å². The third-order valence-corrected chi connectivity index (χ3v) is 4.46. The van der Waals surface area contributed by atoms with Gasteiger partial charge in [0, 0.05) is 30.7 Å². The van der Waals surface area contributed by atoms with Crippen molar-refractivity contribution in [1.29, 1.82) is 0 Å². The minimum absolute atomic E-state index is 0.142. The molecule has 0 radical (unpaired) electrons. The van der Waals surface area contributed by atoms with Crippen LogP contribution >= 0.6 is 0 Å². The fraction of sp³-hybridized carbons (Fsp3) is 0.300. The molecule has 2 N–H and O–H groups in total. The van der Waals surface area contributed by atoms with E-state index in [1.165, 1.54) is 0 Å². The second-order valence-corrected chi connectivity index (χ2v) is 6.42. The highest BCUT2D eigenvalue weighted by Gasteiger charge is 2.21. The van der Waals surface area contributed by atoms with Crippen molar-refractivity contribution >= 4 is 17.2 Å². The average molecular weight is 382 g/mol. The molecule has 1 saturated heterocycles. The van der Waals surface area contributed by atoms with Gasteiger partial charge in [-0.1, -0.05) is 6.07 Å². The number of ether oxygens (including phenoxy) is 3. The van der Waals surface area contributed by atoms with Gasteiger partial charge in [-0.25, -0.2) is 4.98 Å². The predicted octanol–water partition coefficient (Wildman–Crippen LogP) is 1.85. The van der Waals surface area contributed by atoms with Crippen LogP contribution in [0.25, 0.3) is 5.65 Å². The lowest BCUT2D eigenvalue weighted by molar-refractivity contribution is -0.120. The molecule has 0 aliphatic carbocycles. The predicted molar refractivity (Wildman–Crippen MR) is 104 cm³/mol. The quantitative estimate of drug-likeness (QED) is 0.677. The Morgan fingerprint density at radius 2 is 2.29 bits per heavy atom. The summed E-state index contributed by atoms with van der Waals surface area (Å²) in [5.74, 6) is 0.974. The first-order valence-electron chi connectivity index (χ1n) is 9.08. The van der Waals surface area contributed by atoms with Crippen molar-refractivity contribution in [3.05, 3.63) is 54.5 Å². The summed E-state index contributed by atoms with van der Waals surface area (Å²) in [5.41, 5.74) is 2.28. The highest BCUT2D eigenvalue weighted by Crippen LogP contribution is 2.31. The number of morpholine rings is 1. The van der Waals surface area contributed by atoms with Crippen molar-refractivity contribution in [2.24, 2.45) is 0 Å². The Bertz CT molecular complexity index is 933. The van der Waals surface area contributed by atoms with Gasteiger partial charge in [-0.05, 0) is 24.3 Å². The van der Waals surface area contributed by atoms with E-state index in [4.69, 9.17) is 14.2 Å². The Kier molecular flexibility index (Phi) is 5.41. The van der Waals surface area contributed by atoms with Gasteiger partial charge in [0.25, 0.3) is 0 Å². The summed E-state index contributed by atoms with van der Waals surface area (Å²) in [6, 6.07) is 10.7. The van der Waals surface area contributed by atoms with E-state index >= 15 is 0 Å². The fourth-order valence-corrected chi connectivity index (χ4v) is 3.04. The Morgan fingerprint density at radius 1 is 1.36 bits per heavy atom. The summed E-state index contributed by atoms with van der Waals surface area (Å²) in [7, 11) is 1.58. The molecule has 1 amide bonds. The molecule has 8 nitrogen and oxygen atoms in total. The van der Waals surface area contributed by atoms with E-state index in [-0.39, 0.29) is 18.6 Å². The number of fused-ring (bicyclic) bond motifs is 1. The Labute approximate surface area is 162 Å². The topological polar surface area (TPSA) is 86.1 Å². The molecule has 8 heteroatoms. The van der Waals surface area contributed by atoms with Gasteiger partial charge in [0.2, 0.25) is 5.91 Å². The molecule has 1 aliphatic heterocycles. The van der Waals surface area contributed by atoms with Crippen LogP contribution in [0.4, 0.5) is 5.69 Å². The smallest absolute Gasteiger partial charge is 0.243 e. The fourth-order valence-electron chi connectivity index (χ4n) is 3.04. The Hall–Kier alpha value is -3.10. The molecule has 4 rings (SSSR count). The van der Waals surface area contributed by atoms with Gasteiger partial charge >= 0.3 is 0 Å². The maximum absolute atomic E-state index is 12.4. The number of nitrogens with zero attached hydrogens (tertiary/aromatic N) is 2. The van der Waals surface area contributed by atoms with Gasteiger partial charge in [-0.15, -0.1) is 0 Å². The van der Waals surface area contributed by atoms with E-state index in [0.29, 0.717) is 36.9 Å². The number of amides is 1. The van der Waals surface area contributed by atoms with E-state index in [1.807, 2.05) is 35.0 Å². The standard InChI is InChI=1S/C20H22N4O4/c1-26-17-6-5-14(23-20(25)16-13-27-9-7-21-16)10-18(17)28-12-15-11-24-8-3-2-4-19(24)22-15/h2-6,8,10-11,16,21H,7,9,12-13H2,1H3,(H,23,25). The summed E-state index contributed by atoms with van der Waals surface area (Å²) < 4.78 is 18.6. The molecule has 3 aromatic rings. The number of pyridine rings is 1. The number of benzene rings is 1. The largest absolute Gasteiger partial charge is 0.493 e. The van der Waals surface area contributed by atoms with Crippen molar-refractivity contribution in [3.8, 4) is 11.5 Å². The molecule has 2 aromatic heterocycles. The molecule has 1 unspecified atom stereocenters. The summed E-state index contributed by atoms with van der Waals surface area (Å²) in [5, 5.41) is 6.02. The number of rotatable bonds is 6. The lowest BCUT2D eigenvalue weighted by Gasteiger charge is -2.23. The molecule has 0 spiro atoms. The van der Waals surface area contributed by atoms with Crippen LogP contribution in [0.5, 0.6) is 11.5 Å². The lowest BCUT2D eigenvalue weighted by atomic mass is 10.2.